The molecule has 0 aromatic heterocycles. The van der Waals surface area contributed by atoms with Gasteiger partial charge in [-0.15, -0.1) is 0 Å². The first-order valence-corrected chi connectivity index (χ1v) is 42.2. The quantitative estimate of drug-likeness (QED) is 0.0207. The minimum Gasteiger partial charge on any atom is -0.463 e. The fraction of sp³-hybridized carbons (Fsp3) is 0.725. The number of nitrogens with one attached hydrogen (secondary N) is 7. The number of ether oxygens (including phenoxy) is 18. The maximum Gasteiger partial charge on any atom is 0.321 e. The van der Waals surface area contributed by atoms with Crippen molar-refractivity contribution in [1.82, 2.24) is 41.9 Å². The Morgan fingerprint density at radius 1 is 0.392 bits per heavy atom. The van der Waals surface area contributed by atoms with Crippen LogP contribution < -0.4 is 41.7 Å². The van der Waals surface area contributed by atoms with Crippen molar-refractivity contribution in [2.24, 2.45) is 0 Å². The molecular weight excluding hydrogens is 1680 g/mol. The maximum atomic E-state index is 14.9. The Morgan fingerprint density at radius 2 is 0.688 bits per heavy atom. The molecule has 45 heteroatoms. The fourth-order valence-corrected chi connectivity index (χ4v) is 15.0. The number of rotatable bonds is 55. The van der Waals surface area contributed by atoms with Gasteiger partial charge in [-0.3, -0.25) is 76.7 Å². The third-order valence-electron chi connectivity index (χ3n) is 18.3. The molecule has 0 radical (unpaired) electrons. The molecule has 7 N–H and O–H groups in total. The zero-order valence-corrected chi connectivity index (χ0v) is 74.9. The second kappa shape index (κ2) is 56.6. The van der Waals surface area contributed by atoms with Gasteiger partial charge in [0.25, 0.3) is 5.91 Å². The summed E-state index contributed by atoms with van der Waals surface area (Å²) >= 11 is 0. The molecule has 0 spiro atoms. The highest BCUT2D eigenvalue weighted by Crippen LogP contribution is 2.46. The molecule has 706 valence electrons. The van der Waals surface area contributed by atoms with Gasteiger partial charge in [0, 0.05) is 145 Å². The Hall–Kier alpha value is -9.47. The van der Waals surface area contributed by atoms with Gasteiger partial charge in [0.2, 0.25) is 35.4 Å². The third-order valence-corrected chi connectivity index (χ3v) is 20.3. The van der Waals surface area contributed by atoms with Crippen LogP contribution in [0.15, 0.2) is 24.3 Å². The van der Waals surface area contributed by atoms with Crippen molar-refractivity contribution in [1.29, 1.82) is 0 Å². The van der Waals surface area contributed by atoms with E-state index in [0.29, 0.717) is 18.8 Å². The van der Waals surface area contributed by atoms with Crippen LogP contribution in [0, 0.1) is 0 Å². The Balaban J connectivity index is 1.61. The van der Waals surface area contributed by atoms with Crippen LogP contribution in [0.3, 0.4) is 0 Å². The SMILES string of the molecule is CCCOP(Oc1ccc(C(=O)NC(CCC(=O)NCCOCCOC2OC(COC(C)=O)C(OC(C)=O)C(OC(C)=O)C2NC(C)=O)(CCC(=O)NCCOCCOC2OC(COC(C)=O)C(OC(C)=O)C(OC(C)=O)C2NC(C)=O)CCC(=O)NCCOCCOC2OC(COC(C)=O)C(OC(C)=O)C(OC(C)=O)C2NC(C)=O)cc1)N(C(C)C)C(C)C. The fourth-order valence-electron chi connectivity index (χ4n) is 13.3. The summed E-state index contributed by atoms with van der Waals surface area (Å²) in [6.45, 7) is 20.8. The molecule has 1 aromatic carbocycles. The molecule has 7 amide bonds. The number of benzene rings is 1. The molecule has 44 nitrogen and oxygen atoms in total. The average Bonchev–Trinajstić information content (AvgIpc) is 0.796. The molecule has 3 heterocycles. The highest BCUT2D eigenvalue weighted by molar-refractivity contribution is 7.45. The monoisotopic (exact) mass is 1800 g/mol. The molecule has 3 aliphatic rings. The largest absolute Gasteiger partial charge is 0.463 e. The van der Waals surface area contributed by atoms with Crippen LogP contribution in [0.4, 0.5) is 0 Å². The summed E-state index contributed by atoms with van der Waals surface area (Å²) in [5.41, 5.74) is -1.41. The highest BCUT2D eigenvalue weighted by Gasteiger charge is 2.55. The molecule has 3 fully saturated rings. The number of hydrogen-bond acceptors (Lipinski definition) is 37. The van der Waals surface area contributed by atoms with Crippen LogP contribution in [0.5, 0.6) is 5.75 Å². The molecule has 3 saturated heterocycles. The van der Waals surface area contributed by atoms with E-state index in [0.717, 1.165) is 62.3 Å². The van der Waals surface area contributed by atoms with Gasteiger partial charge in [-0.05, 0) is 77.6 Å². The molecule has 0 saturated carbocycles. The molecule has 4 rings (SSSR count). The number of amides is 7. The van der Waals surface area contributed by atoms with Crippen LogP contribution in [-0.2, 0) is 162 Å². The van der Waals surface area contributed by atoms with Gasteiger partial charge in [-0.25, -0.2) is 4.67 Å². The summed E-state index contributed by atoms with van der Waals surface area (Å²) in [5.74, 6) is -10.7. The Kier molecular flexibility index (Phi) is 48.8. The van der Waals surface area contributed by atoms with Gasteiger partial charge in [0.1, 0.15) is 62.0 Å². The van der Waals surface area contributed by atoms with Gasteiger partial charge in [0.05, 0.1) is 66.1 Å². The summed E-state index contributed by atoms with van der Waals surface area (Å²) in [6.07, 6.45) is -16.9. The van der Waals surface area contributed by atoms with E-state index in [9.17, 15) is 76.7 Å². The first kappa shape index (κ1) is 108. The summed E-state index contributed by atoms with van der Waals surface area (Å²) in [6, 6.07) is 2.53. The Labute approximate surface area is 727 Å². The molecule has 0 aliphatic carbocycles. The van der Waals surface area contributed by atoms with Crippen molar-refractivity contribution < 1.29 is 171 Å². The molecule has 125 heavy (non-hydrogen) atoms. The van der Waals surface area contributed by atoms with Crippen LogP contribution >= 0.6 is 8.53 Å². The van der Waals surface area contributed by atoms with Crippen molar-refractivity contribution in [2.45, 2.75) is 272 Å². The number of hydrogen-bond donors (Lipinski definition) is 7. The van der Waals surface area contributed by atoms with Crippen molar-refractivity contribution in [3.05, 3.63) is 29.8 Å². The highest BCUT2D eigenvalue weighted by atomic mass is 31.2. The van der Waals surface area contributed by atoms with Crippen molar-refractivity contribution in [3.8, 4) is 5.75 Å². The number of esters is 9. The standard InChI is InChI=1S/C80H125N8O36P/c1-18-32-114-125(88(45(2)3)46(4)5)124-60-21-19-59(20-22-60)76(104)87-80(26-23-64(101)81-29-33-105-36-39-108-77-67(84-47(6)89)73(118-56(15)98)70(115-53(12)95)61(121-77)42-111-50(9)92,27-24-65(102)82-30-34-106-37-40-109-78-68(85-48(7)90)74(119-57(16)99)71(116-54(13)96)62(122-78)43-112-51(10)93)28-25-66(103)83-31-35-107-38-41-110-79-69(86-49(8)91)75(120-58(17)100)72(117-55(14)97)63(123-79)44-113-52(11)94/h19-22,45-46,61-63,67-75,77-79H,18,23-44H2,1-17H3,(H,81,101)(H,82,102)(H,83,103)(H,84,89)(H,85,90)(H,86,91)(H,87,104). The van der Waals surface area contributed by atoms with E-state index < -0.39 is 221 Å². The minimum absolute atomic E-state index is 0.0275. The minimum atomic E-state index is -1.62. The lowest BCUT2D eigenvalue weighted by Crippen LogP contribution is -2.66. The zero-order chi connectivity index (χ0) is 93.0. The Bertz CT molecular complexity index is 3370. The second-order valence-electron chi connectivity index (χ2n) is 29.6. The van der Waals surface area contributed by atoms with Crippen LogP contribution in [-0.4, -0.2) is 315 Å². The smallest absolute Gasteiger partial charge is 0.321 e. The number of nitrogens with zero attached hydrogens (tertiary/aromatic N) is 1. The maximum absolute atomic E-state index is 14.9. The van der Waals surface area contributed by atoms with E-state index in [2.05, 4.69) is 41.9 Å². The summed E-state index contributed by atoms with van der Waals surface area (Å²) in [4.78, 5) is 204. The molecule has 16 atom stereocenters. The first-order valence-electron chi connectivity index (χ1n) is 41.0. The van der Waals surface area contributed by atoms with E-state index in [4.69, 9.17) is 94.3 Å². The van der Waals surface area contributed by atoms with E-state index in [1.807, 2.05) is 34.6 Å². The molecule has 0 bridgehead atoms. The predicted octanol–water partition coefficient (Wildman–Crippen LogP) is 1.06. The topological polar surface area (TPSA) is 545 Å². The summed E-state index contributed by atoms with van der Waals surface area (Å²) < 4.78 is 117. The van der Waals surface area contributed by atoms with E-state index in [1.165, 1.54) is 32.9 Å². The van der Waals surface area contributed by atoms with Gasteiger partial charge in [-0.1, -0.05) is 6.92 Å². The Morgan fingerprint density at radius 3 is 0.952 bits per heavy atom. The van der Waals surface area contributed by atoms with E-state index in [-0.39, 0.29) is 135 Å². The zero-order valence-electron chi connectivity index (χ0n) is 74.0. The van der Waals surface area contributed by atoms with Crippen LogP contribution in [0.25, 0.3) is 0 Å². The van der Waals surface area contributed by atoms with Crippen molar-refractivity contribution in [2.75, 3.05) is 106 Å². The van der Waals surface area contributed by atoms with E-state index >= 15 is 0 Å². The lowest BCUT2D eigenvalue weighted by atomic mass is 9.82. The van der Waals surface area contributed by atoms with Gasteiger partial charge >= 0.3 is 62.2 Å². The van der Waals surface area contributed by atoms with E-state index in [1.54, 1.807) is 12.1 Å². The van der Waals surface area contributed by atoms with Gasteiger partial charge in [-0.2, -0.15) is 0 Å². The van der Waals surface area contributed by atoms with Gasteiger partial charge < -0.3 is 132 Å². The van der Waals surface area contributed by atoms with Crippen molar-refractivity contribution >= 4 is 104 Å². The molecule has 3 aliphatic heterocycles. The second-order valence-corrected chi connectivity index (χ2v) is 31.0. The van der Waals surface area contributed by atoms with Gasteiger partial charge in [0.15, 0.2) is 55.5 Å². The lowest BCUT2D eigenvalue weighted by molar-refractivity contribution is -0.279. The first-order chi connectivity index (χ1) is 59.1. The number of carbonyl (C=O) groups is 16. The normalized spacial score (nSPS) is 22.9. The average molecular weight is 1810 g/mol. The van der Waals surface area contributed by atoms with Crippen LogP contribution in [0.1, 0.15) is 173 Å². The molecular formula is C80H125N8O36P. The molecule has 16 unspecified atom stereocenters. The summed E-state index contributed by atoms with van der Waals surface area (Å²) in [7, 11) is -1.62. The van der Waals surface area contributed by atoms with Crippen molar-refractivity contribution in [3.63, 3.8) is 0 Å². The third kappa shape index (κ3) is 40.8. The molecule has 1 aromatic rings. The predicted molar refractivity (Wildman–Crippen MR) is 432 cm³/mol. The summed E-state index contributed by atoms with van der Waals surface area (Å²) in [5, 5.41) is 19.2. The lowest BCUT2D eigenvalue weighted by Gasteiger charge is -2.44. The van der Waals surface area contributed by atoms with Crippen LogP contribution in [0.2, 0.25) is 0 Å². The number of carbonyl (C=O) groups excluding carboxylic acids is 16.